The zero-order valence-corrected chi connectivity index (χ0v) is 4.83. The van der Waals surface area contributed by atoms with E-state index in [1.54, 1.807) is 12.4 Å². The van der Waals surface area contributed by atoms with Crippen molar-refractivity contribution in [2.24, 2.45) is 4.99 Å². The van der Waals surface area contributed by atoms with Crippen LogP contribution in [0.5, 0.6) is 0 Å². The van der Waals surface area contributed by atoms with E-state index in [2.05, 4.69) is 9.98 Å². The molecule has 1 aliphatic heterocycles. The fourth-order valence-electron chi connectivity index (χ4n) is 0.872. The highest BCUT2D eigenvalue weighted by molar-refractivity contribution is 5.83. The predicted molar refractivity (Wildman–Crippen MR) is 35.5 cm³/mol. The maximum Gasteiger partial charge on any atom is 0.0842 e. The summed E-state index contributed by atoms with van der Waals surface area (Å²) in [5.41, 5.74) is 1.99. The molecule has 2 heteroatoms. The molecule has 0 saturated heterocycles. The highest BCUT2D eigenvalue weighted by Crippen LogP contribution is 2.10. The maximum absolute atomic E-state index is 7.34. The third kappa shape index (κ3) is 0.633. The molecular weight excluding hydrogens is 112 g/mol. The van der Waals surface area contributed by atoms with E-state index in [4.69, 9.17) is 1.37 Å². The average molecular weight is 119 g/mol. The van der Waals surface area contributed by atoms with Crippen molar-refractivity contribution in [3.63, 3.8) is 0 Å². The van der Waals surface area contributed by atoms with Gasteiger partial charge in [-0.25, -0.2) is 0 Å². The second-order valence-corrected chi connectivity index (χ2v) is 1.96. The van der Waals surface area contributed by atoms with Gasteiger partial charge in [-0.05, 0) is 6.07 Å². The van der Waals surface area contributed by atoms with Gasteiger partial charge in [-0.15, -0.1) is 0 Å². The van der Waals surface area contributed by atoms with Crippen molar-refractivity contribution in [2.45, 2.75) is 6.54 Å². The zero-order chi connectivity index (χ0) is 6.97. The van der Waals surface area contributed by atoms with Crippen molar-refractivity contribution < 1.29 is 1.37 Å². The van der Waals surface area contributed by atoms with Crippen molar-refractivity contribution in [2.75, 3.05) is 0 Å². The minimum atomic E-state index is 0.386. The van der Waals surface area contributed by atoms with Crippen molar-refractivity contribution in [1.29, 1.82) is 0 Å². The highest BCUT2D eigenvalue weighted by atomic mass is 14.7. The van der Waals surface area contributed by atoms with Crippen LogP contribution in [-0.4, -0.2) is 11.2 Å². The van der Waals surface area contributed by atoms with Crippen LogP contribution in [0.4, 0.5) is 0 Å². The zero-order valence-electron chi connectivity index (χ0n) is 5.83. The first-order valence-electron chi connectivity index (χ1n) is 3.32. The molecule has 0 aliphatic carbocycles. The molecule has 0 aromatic carbocycles. The van der Waals surface area contributed by atoms with Crippen LogP contribution in [0.15, 0.2) is 23.5 Å². The highest BCUT2D eigenvalue weighted by Gasteiger charge is 2.02. The first kappa shape index (κ1) is 3.77. The summed E-state index contributed by atoms with van der Waals surface area (Å²) >= 11 is 0. The molecule has 0 atom stereocenters. The van der Waals surface area contributed by atoms with Crippen LogP contribution in [0.2, 0.25) is 0 Å². The largest absolute Gasteiger partial charge is 0.288 e. The summed E-state index contributed by atoms with van der Waals surface area (Å²) in [6.07, 6.45) is 3.84. The lowest BCUT2D eigenvalue weighted by molar-refractivity contribution is 1.09. The molecule has 0 radical (unpaired) electrons. The van der Waals surface area contributed by atoms with Crippen LogP contribution >= 0.6 is 0 Å². The van der Waals surface area contributed by atoms with Gasteiger partial charge in [-0.2, -0.15) is 0 Å². The lowest BCUT2D eigenvalue weighted by Gasteiger charge is -1.90. The Kier molecular flexibility index (Phi) is 0.693. The fourth-order valence-corrected chi connectivity index (χ4v) is 0.872. The van der Waals surface area contributed by atoms with Crippen LogP contribution in [0.1, 0.15) is 12.5 Å². The van der Waals surface area contributed by atoms with Gasteiger partial charge in [0, 0.05) is 29.7 Å². The molecule has 0 N–H and O–H groups in total. The second-order valence-electron chi connectivity index (χ2n) is 1.96. The van der Waals surface area contributed by atoms with Gasteiger partial charge in [-0.3, -0.25) is 9.98 Å². The molecule has 0 unspecified atom stereocenters. The van der Waals surface area contributed by atoms with Gasteiger partial charge < -0.3 is 0 Å². The van der Waals surface area contributed by atoms with Crippen LogP contribution in [-0.2, 0) is 6.54 Å². The molecule has 1 aliphatic rings. The van der Waals surface area contributed by atoms with Crippen LogP contribution in [0.3, 0.4) is 0 Å². The number of rotatable bonds is 0. The quantitative estimate of drug-likeness (QED) is 0.500. The molecule has 2 rings (SSSR count). The smallest absolute Gasteiger partial charge is 0.0842 e. The number of pyridine rings is 1. The molecule has 0 amide bonds. The number of aromatic nitrogens is 1. The molecular formula is C7H6N2. The number of hydrogen-bond donors (Lipinski definition) is 0. The monoisotopic (exact) mass is 119 g/mol. The van der Waals surface area contributed by atoms with Crippen LogP contribution < -0.4 is 0 Å². The molecule has 2 nitrogen and oxygen atoms in total. The normalized spacial score (nSPS) is 16.4. The van der Waals surface area contributed by atoms with Gasteiger partial charge in [0.25, 0.3) is 0 Å². The van der Waals surface area contributed by atoms with Gasteiger partial charge in [-0.1, -0.05) is 0 Å². The summed E-state index contributed by atoms with van der Waals surface area (Å²) in [4.78, 5) is 7.88. The summed E-state index contributed by atoms with van der Waals surface area (Å²) in [5.74, 6) is 0. The fraction of sp³-hybridized carbons (Fsp3) is 0.143. The third-order valence-corrected chi connectivity index (χ3v) is 1.35. The molecule has 0 saturated carbocycles. The predicted octanol–water partition coefficient (Wildman–Crippen LogP) is 1.01. The van der Waals surface area contributed by atoms with E-state index < -0.39 is 0 Å². The van der Waals surface area contributed by atoms with Gasteiger partial charge in [0.2, 0.25) is 0 Å². The Labute approximate surface area is 54.7 Å². The summed E-state index contributed by atoms with van der Waals surface area (Å²) < 4.78 is 7.34. The molecule has 1 aromatic heterocycles. The maximum atomic E-state index is 7.34. The van der Waals surface area contributed by atoms with Gasteiger partial charge in [0.1, 0.15) is 0 Å². The first-order valence-corrected chi connectivity index (χ1v) is 2.82. The minimum Gasteiger partial charge on any atom is -0.288 e. The average Bonchev–Trinajstić information content (AvgIpc) is 2.34. The van der Waals surface area contributed by atoms with E-state index in [9.17, 15) is 0 Å². The van der Waals surface area contributed by atoms with Crippen molar-refractivity contribution in [3.8, 4) is 0 Å². The number of fused-ring (bicyclic) bond motifs is 1. The summed E-state index contributed by atoms with van der Waals surface area (Å²) in [6, 6.07) is 1.83. The molecule has 0 bridgehead atoms. The van der Waals surface area contributed by atoms with Crippen LogP contribution in [0, 0.1) is 0 Å². The van der Waals surface area contributed by atoms with E-state index in [-0.39, 0.29) is 0 Å². The number of hydrogen-bond acceptors (Lipinski definition) is 2. The summed E-state index contributed by atoms with van der Waals surface area (Å²) in [7, 11) is 0. The first-order chi connectivity index (χ1) is 4.88. The standard InChI is InChI=1S/C7H6N2/c1-2-8-4-7-5-9-3-6(1)7/h1-4H,5H2/i3D. The van der Waals surface area contributed by atoms with E-state index in [0.717, 1.165) is 11.1 Å². The Morgan fingerprint density at radius 2 is 2.67 bits per heavy atom. The molecule has 44 valence electrons. The van der Waals surface area contributed by atoms with Gasteiger partial charge in [0.15, 0.2) is 0 Å². The third-order valence-electron chi connectivity index (χ3n) is 1.35. The molecule has 2 heterocycles. The Bertz CT molecular complexity index is 293. The Morgan fingerprint density at radius 1 is 1.67 bits per heavy atom. The van der Waals surface area contributed by atoms with Crippen molar-refractivity contribution in [1.82, 2.24) is 4.98 Å². The van der Waals surface area contributed by atoms with Crippen LogP contribution in [0.25, 0.3) is 0 Å². The van der Waals surface area contributed by atoms with Crippen molar-refractivity contribution in [3.05, 3.63) is 29.6 Å². The Balaban J connectivity index is 2.61. The Morgan fingerprint density at radius 3 is 3.56 bits per heavy atom. The minimum absolute atomic E-state index is 0.386. The number of nitrogens with zero attached hydrogens (tertiary/aromatic N) is 2. The lowest BCUT2D eigenvalue weighted by Crippen LogP contribution is -1.83. The lowest BCUT2D eigenvalue weighted by atomic mass is 10.2. The van der Waals surface area contributed by atoms with E-state index >= 15 is 0 Å². The van der Waals surface area contributed by atoms with Gasteiger partial charge in [0.05, 0.1) is 7.92 Å². The molecule has 1 aromatic rings. The topological polar surface area (TPSA) is 25.2 Å². The van der Waals surface area contributed by atoms with E-state index in [0.29, 0.717) is 12.7 Å². The molecule has 0 spiro atoms. The SMILES string of the molecule is [2H]C1=NCc2cnccc21. The second kappa shape index (κ2) is 1.65. The van der Waals surface area contributed by atoms with Crippen molar-refractivity contribution >= 4 is 6.19 Å². The molecule has 9 heavy (non-hydrogen) atoms. The molecule has 0 fully saturated rings. The Hall–Kier alpha value is -1.18. The van der Waals surface area contributed by atoms with Gasteiger partial charge >= 0.3 is 0 Å². The number of aliphatic imine (C=N–C) groups is 1. The summed E-state index contributed by atoms with van der Waals surface area (Å²) in [5, 5.41) is 0. The summed E-state index contributed by atoms with van der Waals surface area (Å²) in [6.45, 7) is 0.627. The van der Waals surface area contributed by atoms with E-state index in [1.807, 2.05) is 6.07 Å². The van der Waals surface area contributed by atoms with E-state index in [1.165, 1.54) is 0 Å².